The number of aromatic nitrogens is 4. The number of hydrogen-bond acceptors (Lipinski definition) is 4. The second-order valence-electron chi connectivity index (χ2n) is 4.98. The van der Waals surface area contributed by atoms with Crippen molar-refractivity contribution in [2.75, 3.05) is 0 Å². The molecule has 11 heteroatoms. The highest BCUT2D eigenvalue weighted by atomic mass is 19.4. The number of aryl methyl sites for hydroxylation is 1. The lowest BCUT2D eigenvalue weighted by Crippen LogP contribution is -2.19. The summed E-state index contributed by atoms with van der Waals surface area (Å²) in [5, 5.41) is 0. The predicted molar refractivity (Wildman–Crippen MR) is 73.1 cm³/mol. The van der Waals surface area contributed by atoms with Crippen LogP contribution in [0.5, 0.6) is 5.75 Å². The Labute approximate surface area is 135 Å². The Balaban J connectivity index is 2.23. The van der Waals surface area contributed by atoms with Gasteiger partial charge in [-0.05, 0) is 18.6 Å². The molecule has 0 fully saturated rings. The Hall–Kier alpha value is -2.85. The average Bonchev–Trinajstić information content (AvgIpc) is 2.88. The minimum absolute atomic E-state index is 0.00536. The standard InChI is InChI=1S/C14H8F6N4O/c1-7-3-2-4-9(25-14(18,19)20)10(7)24-6-22-8-5-21-12(13(15,16)17)23-11(8)24/h2-6H,1H3. The van der Waals surface area contributed by atoms with Crippen molar-refractivity contribution in [3.8, 4) is 11.4 Å². The summed E-state index contributed by atoms with van der Waals surface area (Å²) in [6.45, 7) is 1.48. The van der Waals surface area contributed by atoms with Crippen LogP contribution in [0, 0.1) is 6.92 Å². The first-order valence-corrected chi connectivity index (χ1v) is 6.69. The maximum absolute atomic E-state index is 12.8. The Morgan fingerprint density at radius 2 is 1.76 bits per heavy atom. The fourth-order valence-corrected chi connectivity index (χ4v) is 2.26. The van der Waals surface area contributed by atoms with E-state index in [1.807, 2.05) is 0 Å². The molecule has 25 heavy (non-hydrogen) atoms. The number of ether oxygens (including phenoxy) is 1. The molecular formula is C14H8F6N4O. The van der Waals surface area contributed by atoms with Crippen LogP contribution in [0.25, 0.3) is 16.9 Å². The molecule has 0 aliphatic rings. The third kappa shape index (κ3) is 3.35. The van der Waals surface area contributed by atoms with Gasteiger partial charge in [-0.1, -0.05) is 12.1 Å². The summed E-state index contributed by atoms with van der Waals surface area (Å²) in [5.41, 5.74) is -0.0831. The lowest BCUT2D eigenvalue weighted by Gasteiger charge is -2.16. The number of rotatable bonds is 2. The number of benzene rings is 1. The summed E-state index contributed by atoms with van der Waals surface area (Å²) in [7, 11) is 0. The van der Waals surface area contributed by atoms with Gasteiger partial charge in [0.2, 0.25) is 5.82 Å². The van der Waals surface area contributed by atoms with Crippen molar-refractivity contribution < 1.29 is 31.1 Å². The summed E-state index contributed by atoms with van der Waals surface area (Å²) < 4.78 is 81.2. The summed E-state index contributed by atoms with van der Waals surface area (Å²) >= 11 is 0. The van der Waals surface area contributed by atoms with Gasteiger partial charge in [0.1, 0.15) is 11.8 Å². The number of imidazole rings is 1. The molecule has 0 aliphatic carbocycles. The van der Waals surface area contributed by atoms with E-state index in [4.69, 9.17) is 0 Å². The molecule has 0 bridgehead atoms. The van der Waals surface area contributed by atoms with Gasteiger partial charge in [0, 0.05) is 0 Å². The lowest BCUT2D eigenvalue weighted by atomic mass is 10.2. The molecule has 0 atom stereocenters. The zero-order valence-corrected chi connectivity index (χ0v) is 12.4. The molecule has 0 aliphatic heterocycles. The second-order valence-corrected chi connectivity index (χ2v) is 4.98. The molecule has 0 saturated carbocycles. The molecule has 2 aromatic heterocycles. The Bertz CT molecular complexity index is 931. The highest BCUT2D eigenvalue weighted by molar-refractivity contribution is 5.73. The first kappa shape index (κ1) is 17.0. The van der Waals surface area contributed by atoms with E-state index >= 15 is 0 Å². The summed E-state index contributed by atoms with van der Waals surface area (Å²) in [6.07, 6.45) is -7.86. The number of fused-ring (bicyclic) bond motifs is 1. The molecule has 5 nitrogen and oxygen atoms in total. The number of para-hydroxylation sites is 1. The Morgan fingerprint density at radius 3 is 2.40 bits per heavy atom. The van der Waals surface area contributed by atoms with Crippen molar-refractivity contribution in [3.05, 3.63) is 42.1 Å². The van der Waals surface area contributed by atoms with Crippen LogP contribution in [0.4, 0.5) is 26.3 Å². The quantitative estimate of drug-likeness (QED) is 0.646. The van der Waals surface area contributed by atoms with Gasteiger partial charge in [-0.2, -0.15) is 13.2 Å². The van der Waals surface area contributed by atoms with Gasteiger partial charge >= 0.3 is 12.5 Å². The molecule has 0 N–H and O–H groups in total. The topological polar surface area (TPSA) is 52.8 Å². The number of halogens is 6. The molecule has 3 aromatic rings. The van der Waals surface area contributed by atoms with E-state index in [0.717, 1.165) is 23.2 Å². The average molecular weight is 362 g/mol. The zero-order valence-electron chi connectivity index (χ0n) is 12.4. The van der Waals surface area contributed by atoms with Gasteiger partial charge in [-0.25, -0.2) is 15.0 Å². The smallest absolute Gasteiger partial charge is 0.404 e. The normalized spacial score (nSPS) is 12.6. The van der Waals surface area contributed by atoms with E-state index < -0.39 is 24.1 Å². The first-order chi connectivity index (χ1) is 11.6. The van der Waals surface area contributed by atoms with Crippen molar-refractivity contribution in [2.45, 2.75) is 19.5 Å². The van der Waals surface area contributed by atoms with Gasteiger partial charge < -0.3 is 4.74 Å². The molecule has 2 heterocycles. The third-order valence-electron chi connectivity index (χ3n) is 3.21. The van der Waals surface area contributed by atoms with Gasteiger partial charge in [0.05, 0.1) is 11.9 Å². The Morgan fingerprint density at radius 1 is 1.04 bits per heavy atom. The molecular weight excluding hydrogens is 354 g/mol. The largest absolute Gasteiger partial charge is 0.573 e. The van der Waals surface area contributed by atoms with Crippen LogP contribution in [-0.2, 0) is 6.18 Å². The van der Waals surface area contributed by atoms with E-state index in [-0.39, 0.29) is 16.9 Å². The van der Waals surface area contributed by atoms with E-state index in [1.165, 1.54) is 19.1 Å². The van der Waals surface area contributed by atoms with Crippen LogP contribution in [-0.4, -0.2) is 25.9 Å². The molecule has 0 saturated heterocycles. The van der Waals surface area contributed by atoms with Gasteiger partial charge in [-0.3, -0.25) is 4.57 Å². The predicted octanol–water partition coefficient (Wildman–Crippen LogP) is 4.04. The SMILES string of the molecule is Cc1cccc(OC(F)(F)F)c1-n1cnc2cnc(C(F)(F)F)nc21. The van der Waals surface area contributed by atoms with E-state index in [2.05, 4.69) is 19.7 Å². The van der Waals surface area contributed by atoms with Crippen molar-refractivity contribution in [1.82, 2.24) is 19.5 Å². The van der Waals surface area contributed by atoms with Crippen LogP contribution in [0.3, 0.4) is 0 Å². The van der Waals surface area contributed by atoms with E-state index in [1.54, 1.807) is 0 Å². The molecule has 0 unspecified atom stereocenters. The third-order valence-corrected chi connectivity index (χ3v) is 3.21. The van der Waals surface area contributed by atoms with Crippen LogP contribution in [0.15, 0.2) is 30.7 Å². The molecule has 1 aromatic carbocycles. The minimum atomic E-state index is -4.97. The fourth-order valence-electron chi connectivity index (χ4n) is 2.26. The van der Waals surface area contributed by atoms with Crippen molar-refractivity contribution in [3.63, 3.8) is 0 Å². The zero-order chi connectivity index (χ0) is 18.4. The molecule has 3 rings (SSSR count). The van der Waals surface area contributed by atoms with E-state index in [0.29, 0.717) is 5.56 Å². The first-order valence-electron chi connectivity index (χ1n) is 6.69. The summed E-state index contributed by atoms with van der Waals surface area (Å²) in [4.78, 5) is 10.4. The lowest BCUT2D eigenvalue weighted by molar-refractivity contribution is -0.274. The van der Waals surface area contributed by atoms with Gasteiger partial charge in [0.25, 0.3) is 0 Å². The maximum Gasteiger partial charge on any atom is 0.573 e. The monoisotopic (exact) mass is 362 g/mol. The number of alkyl halides is 6. The number of hydrogen-bond donors (Lipinski definition) is 0. The summed E-state index contributed by atoms with van der Waals surface area (Å²) in [6, 6.07) is 3.86. The second kappa shape index (κ2) is 5.60. The molecule has 0 amide bonds. The van der Waals surface area contributed by atoms with Crippen LogP contribution in [0.2, 0.25) is 0 Å². The molecule has 0 radical (unpaired) electrons. The van der Waals surface area contributed by atoms with Crippen molar-refractivity contribution >= 4 is 11.2 Å². The van der Waals surface area contributed by atoms with Gasteiger partial charge in [0.15, 0.2) is 11.4 Å². The van der Waals surface area contributed by atoms with Crippen LogP contribution >= 0.6 is 0 Å². The molecule has 132 valence electrons. The number of nitrogens with zero attached hydrogens (tertiary/aromatic N) is 4. The van der Waals surface area contributed by atoms with Crippen molar-refractivity contribution in [2.24, 2.45) is 0 Å². The minimum Gasteiger partial charge on any atom is -0.404 e. The van der Waals surface area contributed by atoms with E-state index in [9.17, 15) is 26.3 Å². The highest BCUT2D eigenvalue weighted by Gasteiger charge is 2.36. The maximum atomic E-state index is 12.8. The summed E-state index contributed by atoms with van der Waals surface area (Å²) in [5.74, 6) is -2.01. The van der Waals surface area contributed by atoms with Crippen molar-refractivity contribution in [1.29, 1.82) is 0 Å². The highest BCUT2D eigenvalue weighted by Crippen LogP contribution is 2.33. The fraction of sp³-hybridized carbons (Fsp3) is 0.214. The van der Waals surface area contributed by atoms with Crippen LogP contribution in [0.1, 0.15) is 11.4 Å². The van der Waals surface area contributed by atoms with Gasteiger partial charge in [-0.15, -0.1) is 13.2 Å². The molecule has 0 spiro atoms. The van der Waals surface area contributed by atoms with Crippen LogP contribution < -0.4 is 4.74 Å². The Kier molecular flexibility index (Phi) is 3.81.